The fraction of sp³-hybridized carbons (Fsp3) is 0. The third-order valence-corrected chi connectivity index (χ3v) is 3.36. The lowest BCUT2D eigenvalue weighted by molar-refractivity contribution is 0.895. The van der Waals surface area contributed by atoms with Gasteiger partial charge in [0.2, 0.25) is 0 Å². The van der Waals surface area contributed by atoms with Gasteiger partial charge in [-0.1, -0.05) is 41.9 Å². The maximum atomic E-state index is 11.1. The molecule has 0 atom stereocenters. The van der Waals surface area contributed by atoms with Crippen LogP contribution in [0.3, 0.4) is 0 Å². The van der Waals surface area contributed by atoms with Crippen molar-refractivity contribution >= 4 is 23.1 Å². The fourth-order valence-corrected chi connectivity index (χ4v) is 2.21. The zero-order valence-electron chi connectivity index (χ0n) is 10.9. The normalized spacial score (nSPS) is 10.5. The van der Waals surface area contributed by atoms with Crippen molar-refractivity contribution in [1.82, 2.24) is 9.78 Å². The van der Waals surface area contributed by atoms with Crippen LogP contribution in [-0.4, -0.2) is 9.78 Å². The minimum absolute atomic E-state index is 0.126. The van der Waals surface area contributed by atoms with Crippen molar-refractivity contribution in [3.8, 4) is 16.9 Å². The van der Waals surface area contributed by atoms with Crippen molar-refractivity contribution < 1.29 is 0 Å². The van der Waals surface area contributed by atoms with Gasteiger partial charge in [0.05, 0.1) is 5.69 Å². The minimum atomic E-state index is 0.126. The molecular formula is C15H11ClN4O. The second-order valence-electron chi connectivity index (χ2n) is 4.43. The third-order valence-electron chi connectivity index (χ3n) is 3.10. The first kappa shape index (κ1) is 13.3. The molecule has 2 aromatic carbocycles. The lowest BCUT2D eigenvalue weighted by Crippen LogP contribution is -2.01. The van der Waals surface area contributed by atoms with Crippen LogP contribution in [0.1, 0.15) is 0 Å². The van der Waals surface area contributed by atoms with Crippen molar-refractivity contribution in [3.63, 3.8) is 0 Å². The topological polar surface area (TPSA) is 73.3 Å². The van der Waals surface area contributed by atoms with E-state index in [1.54, 1.807) is 24.3 Å². The number of nitrogens with two attached hydrogens (primary N) is 1. The van der Waals surface area contributed by atoms with Crippen molar-refractivity contribution in [2.24, 2.45) is 5.18 Å². The predicted molar refractivity (Wildman–Crippen MR) is 83.9 cm³/mol. The largest absolute Gasteiger partial charge is 0.382 e. The smallest absolute Gasteiger partial charge is 0.178 e. The van der Waals surface area contributed by atoms with Gasteiger partial charge in [-0.2, -0.15) is 5.10 Å². The van der Waals surface area contributed by atoms with Gasteiger partial charge in [0.1, 0.15) is 5.69 Å². The quantitative estimate of drug-likeness (QED) is 0.737. The van der Waals surface area contributed by atoms with E-state index >= 15 is 0 Å². The van der Waals surface area contributed by atoms with Crippen LogP contribution in [0.4, 0.5) is 11.5 Å². The molecule has 21 heavy (non-hydrogen) atoms. The van der Waals surface area contributed by atoms with Gasteiger partial charge in [-0.05, 0) is 29.4 Å². The van der Waals surface area contributed by atoms with E-state index in [1.165, 1.54) is 4.68 Å². The molecule has 104 valence electrons. The number of anilines is 1. The van der Waals surface area contributed by atoms with E-state index in [0.717, 1.165) is 11.3 Å². The van der Waals surface area contributed by atoms with Gasteiger partial charge in [-0.25, -0.2) is 4.68 Å². The van der Waals surface area contributed by atoms with Crippen LogP contribution >= 0.6 is 11.6 Å². The zero-order valence-corrected chi connectivity index (χ0v) is 11.7. The summed E-state index contributed by atoms with van der Waals surface area (Å²) < 4.78 is 1.50. The lowest BCUT2D eigenvalue weighted by atomic mass is 10.1. The number of hydrogen-bond acceptors (Lipinski definition) is 4. The maximum absolute atomic E-state index is 11.1. The molecule has 0 aliphatic heterocycles. The summed E-state index contributed by atoms with van der Waals surface area (Å²) in [7, 11) is 0. The molecule has 0 unspecified atom stereocenters. The summed E-state index contributed by atoms with van der Waals surface area (Å²) in [6.07, 6.45) is 0. The molecule has 0 saturated carbocycles. The Balaban J connectivity index is 2.18. The Morgan fingerprint density at radius 3 is 2.33 bits per heavy atom. The number of nitroso groups, excluding NO2 is 1. The number of para-hydroxylation sites is 1. The van der Waals surface area contributed by atoms with Crippen molar-refractivity contribution in [3.05, 3.63) is 64.5 Å². The SMILES string of the molecule is Nc1c(N=O)c(-c2ccc(Cl)cc2)nn1-c1ccccc1. The third kappa shape index (κ3) is 2.39. The second-order valence-corrected chi connectivity index (χ2v) is 4.86. The number of hydrogen-bond donors (Lipinski definition) is 1. The molecule has 0 bridgehead atoms. The Morgan fingerprint density at radius 1 is 1.05 bits per heavy atom. The highest BCUT2D eigenvalue weighted by atomic mass is 35.5. The highest BCUT2D eigenvalue weighted by Crippen LogP contribution is 2.36. The number of nitrogens with zero attached hydrogens (tertiary/aromatic N) is 3. The van der Waals surface area contributed by atoms with E-state index in [4.69, 9.17) is 17.3 Å². The minimum Gasteiger partial charge on any atom is -0.382 e. The summed E-state index contributed by atoms with van der Waals surface area (Å²) in [4.78, 5) is 11.1. The van der Waals surface area contributed by atoms with Crippen molar-refractivity contribution in [2.45, 2.75) is 0 Å². The molecule has 0 amide bonds. The summed E-state index contributed by atoms with van der Waals surface area (Å²) in [5, 5.41) is 8.04. The Labute approximate surface area is 125 Å². The van der Waals surface area contributed by atoms with Crippen molar-refractivity contribution in [2.75, 3.05) is 5.73 Å². The van der Waals surface area contributed by atoms with E-state index in [2.05, 4.69) is 10.3 Å². The first-order valence-corrected chi connectivity index (χ1v) is 6.61. The lowest BCUT2D eigenvalue weighted by Gasteiger charge is -2.02. The molecule has 0 saturated heterocycles. The Hall–Kier alpha value is -2.66. The molecular weight excluding hydrogens is 288 g/mol. The standard InChI is InChI=1S/C15H11ClN4O/c16-11-8-6-10(7-9-11)13-14(19-21)15(17)20(18-13)12-4-2-1-3-5-12/h1-9H,17H2. The van der Waals surface area contributed by atoms with E-state index < -0.39 is 0 Å². The van der Waals surface area contributed by atoms with Crippen LogP contribution in [0.25, 0.3) is 16.9 Å². The monoisotopic (exact) mass is 298 g/mol. The average molecular weight is 299 g/mol. The van der Waals surface area contributed by atoms with E-state index in [1.807, 2.05) is 30.3 Å². The second kappa shape index (κ2) is 5.38. The Kier molecular flexibility index (Phi) is 3.41. The molecule has 5 nitrogen and oxygen atoms in total. The molecule has 6 heteroatoms. The first-order chi connectivity index (χ1) is 10.2. The molecule has 2 N–H and O–H groups in total. The molecule has 0 aliphatic carbocycles. The van der Waals surface area contributed by atoms with Crippen LogP contribution in [0, 0.1) is 4.91 Å². The van der Waals surface area contributed by atoms with Gasteiger partial charge < -0.3 is 5.73 Å². The zero-order chi connectivity index (χ0) is 14.8. The van der Waals surface area contributed by atoms with Gasteiger partial charge in [-0.3, -0.25) is 0 Å². The van der Waals surface area contributed by atoms with Gasteiger partial charge >= 0.3 is 0 Å². The Bertz CT molecular complexity index is 781. The summed E-state index contributed by atoms with van der Waals surface area (Å²) in [5.74, 6) is 0.209. The average Bonchev–Trinajstić information content (AvgIpc) is 2.85. The molecule has 1 aromatic heterocycles. The van der Waals surface area contributed by atoms with Gasteiger partial charge in [0, 0.05) is 10.6 Å². The number of nitrogen functional groups attached to an aromatic ring is 1. The van der Waals surface area contributed by atoms with Crippen molar-refractivity contribution in [1.29, 1.82) is 0 Å². The van der Waals surface area contributed by atoms with Gasteiger partial charge in [0.15, 0.2) is 11.5 Å². The molecule has 0 spiro atoms. The van der Waals surface area contributed by atoms with Crippen LogP contribution in [0.15, 0.2) is 59.8 Å². The number of halogens is 1. The molecule has 3 aromatic rings. The molecule has 0 radical (unpaired) electrons. The summed E-state index contributed by atoms with van der Waals surface area (Å²) in [5.41, 5.74) is 8.05. The first-order valence-electron chi connectivity index (χ1n) is 6.24. The van der Waals surface area contributed by atoms with E-state index in [9.17, 15) is 4.91 Å². The van der Waals surface area contributed by atoms with Crippen LogP contribution in [0.5, 0.6) is 0 Å². The predicted octanol–water partition coefficient (Wildman–Crippen LogP) is 4.17. The molecule has 0 fully saturated rings. The number of benzene rings is 2. The van der Waals surface area contributed by atoms with Crippen LogP contribution < -0.4 is 5.73 Å². The summed E-state index contributed by atoms with van der Waals surface area (Å²) >= 11 is 5.87. The van der Waals surface area contributed by atoms with Crippen LogP contribution in [0.2, 0.25) is 5.02 Å². The maximum Gasteiger partial charge on any atom is 0.178 e. The van der Waals surface area contributed by atoms with Crippen LogP contribution in [-0.2, 0) is 0 Å². The number of rotatable bonds is 3. The molecule has 1 heterocycles. The van der Waals surface area contributed by atoms with Gasteiger partial charge in [-0.15, -0.1) is 4.91 Å². The highest BCUT2D eigenvalue weighted by molar-refractivity contribution is 6.30. The number of aromatic nitrogens is 2. The van der Waals surface area contributed by atoms with E-state index in [0.29, 0.717) is 10.7 Å². The highest BCUT2D eigenvalue weighted by Gasteiger charge is 2.18. The fourth-order valence-electron chi connectivity index (χ4n) is 2.08. The van der Waals surface area contributed by atoms with E-state index in [-0.39, 0.29) is 11.5 Å². The summed E-state index contributed by atoms with van der Waals surface area (Å²) in [6.45, 7) is 0. The Morgan fingerprint density at radius 2 is 1.71 bits per heavy atom. The van der Waals surface area contributed by atoms with Gasteiger partial charge in [0.25, 0.3) is 0 Å². The molecule has 3 rings (SSSR count). The summed E-state index contributed by atoms with van der Waals surface area (Å²) in [6, 6.07) is 16.3. The molecule has 0 aliphatic rings.